The van der Waals surface area contributed by atoms with E-state index in [1.807, 2.05) is 0 Å². The fraction of sp³-hybridized carbons (Fsp3) is 0.667. The average molecular weight is 226 g/mol. The zero-order chi connectivity index (χ0) is 10.7. The second kappa shape index (κ2) is 4.57. The van der Waals surface area contributed by atoms with Crippen molar-refractivity contribution in [3.05, 3.63) is 6.20 Å². The van der Waals surface area contributed by atoms with Crippen LogP contribution in [-0.2, 0) is 0 Å². The average Bonchev–Trinajstić information content (AvgIpc) is 2.73. The summed E-state index contributed by atoms with van der Waals surface area (Å²) in [4.78, 5) is 11.4. The van der Waals surface area contributed by atoms with E-state index in [2.05, 4.69) is 27.1 Å². The van der Waals surface area contributed by atoms with Crippen LogP contribution in [0.4, 0.5) is 9.80 Å². The Morgan fingerprint density at radius 1 is 1.73 bits per heavy atom. The van der Waals surface area contributed by atoms with Crippen LogP contribution in [0.5, 0.6) is 0 Å². The molecule has 1 aliphatic carbocycles. The molecule has 1 aromatic rings. The van der Waals surface area contributed by atoms with E-state index in [1.54, 1.807) is 6.20 Å². The van der Waals surface area contributed by atoms with Crippen LogP contribution < -0.4 is 10.6 Å². The van der Waals surface area contributed by atoms with E-state index in [4.69, 9.17) is 0 Å². The Kier molecular flexibility index (Phi) is 3.15. The molecule has 2 N–H and O–H groups in total. The highest BCUT2D eigenvalue weighted by molar-refractivity contribution is 7.10. The van der Waals surface area contributed by atoms with Gasteiger partial charge in [-0.3, -0.25) is 5.32 Å². The molecule has 0 aromatic carbocycles. The molecular weight excluding hydrogens is 212 g/mol. The lowest BCUT2D eigenvalue weighted by molar-refractivity contribution is 0.251. The lowest BCUT2D eigenvalue weighted by Gasteiger charge is -2.03. The maximum absolute atomic E-state index is 11.4. The summed E-state index contributed by atoms with van der Waals surface area (Å²) in [5.41, 5.74) is 0. The minimum atomic E-state index is -0.148. The Labute approximate surface area is 92.4 Å². The van der Waals surface area contributed by atoms with Crippen LogP contribution in [0.25, 0.3) is 0 Å². The molecule has 0 unspecified atom stereocenters. The molecule has 6 heteroatoms. The highest BCUT2D eigenvalue weighted by atomic mass is 32.1. The van der Waals surface area contributed by atoms with E-state index < -0.39 is 0 Å². The first kappa shape index (κ1) is 10.4. The van der Waals surface area contributed by atoms with Gasteiger partial charge in [0.05, 0.1) is 6.20 Å². The largest absolute Gasteiger partial charge is 0.335 e. The van der Waals surface area contributed by atoms with Crippen LogP contribution in [0.15, 0.2) is 6.20 Å². The number of carbonyl (C=O) groups excluding carboxylic acids is 1. The fourth-order valence-electron chi connectivity index (χ4n) is 1.65. The summed E-state index contributed by atoms with van der Waals surface area (Å²) in [6.07, 6.45) is 5.04. The van der Waals surface area contributed by atoms with Gasteiger partial charge in [0.15, 0.2) is 0 Å². The van der Waals surface area contributed by atoms with Gasteiger partial charge in [-0.2, -0.15) is 0 Å². The van der Waals surface area contributed by atoms with Gasteiger partial charge in [0.2, 0.25) is 0 Å². The molecule has 0 radical (unpaired) electrons. The summed E-state index contributed by atoms with van der Waals surface area (Å²) in [5, 5.41) is 9.95. The molecule has 0 spiro atoms. The minimum absolute atomic E-state index is 0.148. The highest BCUT2D eigenvalue weighted by Gasteiger charge is 2.37. The highest BCUT2D eigenvalue weighted by Crippen LogP contribution is 2.34. The summed E-state index contributed by atoms with van der Waals surface area (Å²) < 4.78 is 3.66. The molecule has 5 nitrogen and oxygen atoms in total. The van der Waals surface area contributed by atoms with Gasteiger partial charge in [-0.05, 0) is 18.8 Å². The number of anilines is 1. The smallest absolute Gasteiger partial charge is 0.320 e. The topological polar surface area (TPSA) is 66.9 Å². The van der Waals surface area contributed by atoms with Crippen LogP contribution in [0, 0.1) is 5.92 Å². The standard InChI is InChI=1S/C9H14N4OS/c1-2-3-6-4-7(6)11-9(14)12-8-5-10-13-15-8/h5-7H,2-4H2,1H3,(H2,11,12,14)/t6-,7+/m0/s1. The Balaban J connectivity index is 1.70. The Morgan fingerprint density at radius 3 is 3.27 bits per heavy atom. The summed E-state index contributed by atoms with van der Waals surface area (Å²) in [6, 6.07) is 0.218. The van der Waals surface area contributed by atoms with E-state index >= 15 is 0 Å². The molecule has 0 saturated heterocycles. The molecule has 1 aliphatic rings. The van der Waals surface area contributed by atoms with Crippen molar-refractivity contribution in [3.8, 4) is 0 Å². The van der Waals surface area contributed by atoms with Gasteiger partial charge in [0.25, 0.3) is 0 Å². The molecule has 82 valence electrons. The molecule has 2 atom stereocenters. The molecule has 2 rings (SSSR count). The van der Waals surface area contributed by atoms with Crippen molar-refractivity contribution in [1.82, 2.24) is 14.9 Å². The van der Waals surface area contributed by atoms with Crippen molar-refractivity contribution in [2.45, 2.75) is 32.2 Å². The van der Waals surface area contributed by atoms with Gasteiger partial charge in [-0.25, -0.2) is 4.79 Å². The summed E-state index contributed by atoms with van der Waals surface area (Å²) in [7, 11) is 0. The molecule has 1 fully saturated rings. The quantitative estimate of drug-likeness (QED) is 0.823. The summed E-state index contributed by atoms with van der Waals surface area (Å²) in [5.74, 6) is 0.681. The van der Waals surface area contributed by atoms with Crippen molar-refractivity contribution in [3.63, 3.8) is 0 Å². The second-order valence-corrected chi connectivity index (χ2v) is 4.56. The lowest BCUT2D eigenvalue weighted by atomic mass is 10.2. The number of amides is 2. The maximum Gasteiger partial charge on any atom is 0.320 e. The van der Waals surface area contributed by atoms with E-state index in [0.29, 0.717) is 17.0 Å². The zero-order valence-electron chi connectivity index (χ0n) is 8.56. The Morgan fingerprint density at radius 2 is 2.60 bits per heavy atom. The minimum Gasteiger partial charge on any atom is -0.335 e. The summed E-state index contributed by atoms with van der Waals surface area (Å²) in [6.45, 7) is 2.17. The third-order valence-corrected chi connectivity index (χ3v) is 3.08. The predicted molar refractivity (Wildman–Crippen MR) is 58.9 cm³/mol. The van der Waals surface area contributed by atoms with Crippen molar-refractivity contribution >= 4 is 22.6 Å². The fourth-order valence-corrected chi connectivity index (χ4v) is 2.07. The molecule has 1 heterocycles. The van der Waals surface area contributed by atoms with Gasteiger partial charge in [0.1, 0.15) is 5.00 Å². The van der Waals surface area contributed by atoms with Crippen LogP contribution >= 0.6 is 11.5 Å². The van der Waals surface area contributed by atoms with Crippen LogP contribution in [0.1, 0.15) is 26.2 Å². The molecule has 1 saturated carbocycles. The number of rotatable bonds is 4. The molecule has 15 heavy (non-hydrogen) atoms. The van der Waals surface area contributed by atoms with Crippen LogP contribution in [-0.4, -0.2) is 21.7 Å². The first-order valence-electron chi connectivity index (χ1n) is 5.14. The van der Waals surface area contributed by atoms with Crippen molar-refractivity contribution < 1.29 is 4.79 Å². The van der Waals surface area contributed by atoms with Crippen molar-refractivity contribution in [2.24, 2.45) is 5.92 Å². The zero-order valence-corrected chi connectivity index (χ0v) is 9.38. The molecular formula is C9H14N4OS. The van der Waals surface area contributed by atoms with Crippen molar-refractivity contribution in [1.29, 1.82) is 0 Å². The van der Waals surface area contributed by atoms with Crippen molar-refractivity contribution in [2.75, 3.05) is 5.32 Å². The predicted octanol–water partition coefficient (Wildman–Crippen LogP) is 1.85. The molecule has 1 aromatic heterocycles. The summed E-state index contributed by atoms with van der Waals surface area (Å²) >= 11 is 1.18. The van der Waals surface area contributed by atoms with Gasteiger partial charge in [-0.15, -0.1) is 5.10 Å². The number of nitrogens with zero attached hydrogens (tertiary/aromatic N) is 2. The van der Waals surface area contributed by atoms with Gasteiger partial charge < -0.3 is 5.32 Å². The number of carbonyl (C=O) groups is 1. The Hall–Kier alpha value is -1.17. The van der Waals surface area contributed by atoms with Crippen LogP contribution in [0.3, 0.4) is 0 Å². The van der Waals surface area contributed by atoms with E-state index in [0.717, 1.165) is 6.42 Å². The van der Waals surface area contributed by atoms with Crippen LogP contribution in [0.2, 0.25) is 0 Å². The van der Waals surface area contributed by atoms with E-state index in [9.17, 15) is 4.79 Å². The van der Waals surface area contributed by atoms with E-state index in [1.165, 1.54) is 24.4 Å². The maximum atomic E-state index is 11.4. The second-order valence-electron chi connectivity index (χ2n) is 3.77. The normalized spacial score (nSPS) is 23.5. The third kappa shape index (κ3) is 2.89. The molecule has 0 bridgehead atoms. The van der Waals surface area contributed by atoms with E-state index in [-0.39, 0.29) is 6.03 Å². The number of aromatic nitrogens is 2. The van der Waals surface area contributed by atoms with Gasteiger partial charge >= 0.3 is 6.03 Å². The van der Waals surface area contributed by atoms with Gasteiger partial charge in [-0.1, -0.05) is 17.8 Å². The number of nitrogens with one attached hydrogen (secondary N) is 2. The Bertz CT molecular complexity index is 327. The molecule has 0 aliphatic heterocycles. The number of hydrogen-bond acceptors (Lipinski definition) is 4. The monoisotopic (exact) mass is 226 g/mol. The van der Waals surface area contributed by atoms with Gasteiger partial charge in [0, 0.05) is 17.6 Å². The third-order valence-electron chi connectivity index (χ3n) is 2.50. The SMILES string of the molecule is CCC[C@H]1C[C@H]1NC(=O)Nc1cnns1. The first-order valence-corrected chi connectivity index (χ1v) is 5.91. The number of urea groups is 1. The first-order chi connectivity index (χ1) is 7.29. The molecule has 2 amide bonds. The lowest BCUT2D eigenvalue weighted by Crippen LogP contribution is -2.31. The number of hydrogen-bond donors (Lipinski definition) is 2.